The van der Waals surface area contributed by atoms with Gasteiger partial charge in [-0.1, -0.05) is 12.1 Å². The standard InChI is InChI=1S/C14H19NO2S/c1-14(2,3)18(16)10-6-9-17-13-8-5-4-7-12(13)11-15/h4-5,7-8H,6,9-10H2,1-3H3. The van der Waals surface area contributed by atoms with Crippen LogP contribution in [-0.2, 0) is 10.8 Å². The van der Waals surface area contributed by atoms with Crippen molar-refractivity contribution in [1.29, 1.82) is 5.26 Å². The van der Waals surface area contributed by atoms with E-state index in [1.165, 1.54) is 0 Å². The molecule has 0 fully saturated rings. The molecule has 18 heavy (non-hydrogen) atoms. The van der Waals surface area contributed by atoms with E-state index in [0.717, 1.165) is 6.42 Å². The molecule has 1 rings (SSSR count). The maximum atomic E-state index is 11.8. The molecule has 1 aromatic carbocycles. The third-order valence-corrected chi connectivity index (χ3v) is 4.45. The molecule has 0 N–H and O–H groups in total. The molecule has 0 saturated heterocycles. The van der Waals surface area contributed by atoms with Crippen LogP contribution in [0, 0.1) is 11.3 Å². The van der Waals surface area contributed by atoms with Crippen molar-refractivity contribution in [1.82, 2.24) is 0 Å². The molecule has 0 aromatic heterocycles. The summed E-state index contributed by atoms with van der Waals surface area (Å²) in [6.45, 7) is 6.39. The first-order chi connectivity index (χ1) is 8.45. The Hall–Kier alpha value is -1.34. The van der Waals surface area contributed by atoms with E-state index >= 15 is 0 Å². The van der Waals surface area contributed by atoms with Crippen molar-refractivity contribution < 1.29 is 8.95 Å². The normalized spacial score (nSPS) is 12.8. The fraction of sp³-hybridized carbons (Fsp3) is 0.500. The average molecular weight is 265 g/mol. The van der Waals surface area contributed by atoms with Crippen LogP contribution in [0.5, 0.6) is 5.75 Å². The zero-order chi connectivity index (χ0) is 13.6. The number of hydrogen-bond donors (Lipinski definition) is 0. The molecular weight excluding hydrogens is 246 g/mol. The maximum Gasteiger partial charge on any atom is 0.137 e. The van der Waals surface area contributed by atoms with Crippen molar-refractivity contribution >= 4 is 10.8 Å². The molecule has 0 aliphatic rings. The van der Waals surface area contributed by atoms with Gasteiger partial charge in [0.1, 0.15) is 11.8 Å². The molecule has 0 spiro atoms. The summed E-state index contributed by atoms with van der Waals surface area (Å²) >= 11 is 0. The van der Waals surface area contributed by atoms with Gasteiger partial charge in [-0.05, 0) is 39.3 Å². The molecular formula is C14H19NO2S. The van der Waals surface area contributed by atoms with Crippen molar-refractivity contribution in [2.75, 3.05) is 12.4 Å². The van der Waals surface area contributed by atoms with E-state index in [1.807, 2.05) is 26.8 Å². The Morgan fingerprint density at radius 1 is 1.33 bits per heavy atom. The number of ether oxygens (including phenoxy) is 1. The minimum absolute atomic E-state index is 0.176. The third-order valence-electron chi connectivity index (χ3n) is 2.42. The highest BCUT2D eigenvalue weighted by molar-refractivity contribution is 7.86. The summed E-state index contributed by atoms with van der Waals surface area (Å²) < 4.78 is 17.2. The lowest BCUT2D eigenvalue weighted by Crippen LogP contribution is -2.24. The zero-order valence-electron chi connectivity index (χ0n) is 11.1. The fourth-order valence-electron chi connectivity index (χ4n) is 1.36. The number of rotatable bonds is 5. The van der Waals surface area contributed by atoms with Gasteiger partial charge in [0.05, 0.1) is 12.2 Å². The molecule has 3 nitrogen and oxygen atoms in total. The highest BCUT2D eigenvalue weighted by Gasteiger charge is 2.18. The van der Waals surface area contributed by atoms with E-state index in [0.29, 0.717) is 23.7 Å². The van der Waals surface area contributed by atoms with Gasteiger partial charge in [-0.25, -0.2) is 0 Å². The molecule has 0 heterocycles. The van der Waals surface area contributed by atoms with Crippen LogP contribution in [0.2, 0.25) is 0 Å². The molecule has 0 aliphatic heterocycles. The van der Waals surface area contributed by atoms with Crippen molar-refractivity contribution in [2.24, 2.45) is 0 Å². The fourth-order valence-corrected chi connectivity index (χ4v) is 2.36. The Balaban J connectivity index is 2.39. The molecule has 0 bridgehead atoms. The van der Waals surface area contributed by atoms with E-state index in [-0.39, 0.29) is 4.75 Å². The zero-order valence-corrected chi connectivity index (χ0v) is 11.9. The second-order valence-corrected chi connectivity index (χ2v) is 7.30. The van der Waals surface area contributed by atoms with Crippen molar-refractivity contribution in [2.45, 2.75) is 31.9 Å². The van der Waals surface area contributed by atoms with Gasteiger partial charge in [-0.3, -0.25) is 4.21 Å². The van der Waals surface area contributed by atoms with Crippen LogP contribution in [0.15, 0.2) is 24.3 Å². The lowest BCUT2D eigenvalue weighted by Gasteiger charge is -2.17. The van der Waals surface area contributed by atoms with Gasteiger partial charge in [-0.2, -0.15) is 5.26 Å². The second-order valence-electron chi connectivity index (χ2n) is 4.97. The molecule has 1 unspecified atom stereocenters. The molecule has 0 aliphatic carbocycles. The molecule has 0 saturated carbocycles. The largest absolute Gasteiger partial charge is 0.492 e. The van der Waals surface area contributed by atoms with Gasteiger partial charge in [0.15, 0.2) is 0 Å². The van der Waals surface area contributed by atoms with Gasteiger partial charge in [0, 0.05) is 21.3 Å². The van der Waals surface area contributed by atoms with Crippen LogP contribution in [0.3, 0.4) is 0 Å². The minimum atomic E-state index is -0.847. The lowest BCUT2D eigenvalue weighted by molar-refractivity contribution is 0.317. The van der Waals surface area contributed by atoms with Crippen LogP contribution in [0.4, 0.5) is 0 Å². The molecule has 0 radical (unpaired) electrons. The van der Waals surface area contributed by atoms with Gasteiger partial charge >= 0.3 is 0 Å². The Kier molecular flexibility index (Phi) is 5.36. The smallest absolute Gasteiger partial charge is 0.137 e. The molecule has 1 atom stereocenters. The summed E-state index contributed by atoms with van der Waals surface area (Å²) in [5.74, 6) is 1.22. The average Bonchev–Trinajstić information content (AvgIpc) is 2.33. The summed E-state index contributed by atoms with van der Waals surface area (Å²) in [6.07, 6.45) is 0.726. The SMILES string of the molecule is CC(C)(C)S(=O)CCCOc1ccccc1C#N. The van der Waals surface area contributed by atoms with Crippen molar-refractivity contribution in [3.63, 3.8) is 0 Å². The van der Waals surface area contributed by atoms with Crippen LogP contribution in [0.1, 0.15) is 32.8 Å². The summed E-state index contributed by atoms with van der Waals surface area (Å²) in [5.41, 5.74) is 0.537. The monoisotopic (exact) mass is 265 g/mol. The van der Waals surface area contributed by atoms with E-state index in [2.05, 4.69) is 6.07 Å². The molecule has 98 valence electrons. The van der Waals surface area contributed by atoms with Crippen LogP contribution in [-0.4, -0.2) is 21.3 Å². The third kappa shape index (κ3) is 4.50. The maximum absolute atomic E-state index is 11.8. The predicted molar refractivity (Wildman–Crippen MR) is 74.0 cm³/mol. The topological polar surface area (TPSA) is 50.1 Å². The Labute approximate surface area is 111 Å². The number of nitriles is 1. The van der Waals surface area contributed by atoms with Gasteiger partial charge in [0.2, 0.25) is 0 Å². The van der Waals surface area contributed by atoms with E-state index in [9.17, 15) is 4.21 Å². The predicted octanol–water partition coefficient (Wildman–Crippen LogP) is 2.87. The first-order valence-electron chi connectivity index (χ1n) is 5.95. The summed E-state index contributed by atoms with van der Waals surface area (Å²) in [7, 11) is -0.847. The lowest BCUT2D eigenvalue weighted by atomic mass is 10.2. The summed E-state index contributed by atoms with van der Waals surface area (Å²) in [4.78, 5) is 0. The highest BCUT2D eigenvalue weighted by Crippen LogP contribution is 2.17. The van der Waals surface area contributed by atoms with E-state index in [1.54, 1.807) is 18.2 Å². The Bertz CT molecular complexity index is 458. The van der Waals surface area contributed by atoms with Gasteiger partial charge < -0.3 is 4.74 Å². The van der Waals surface area contributed by atoms with Gasteiger partial charge in [0.25, 0.3) is 0 Å². The number of benzene rings is 1. The Morgan fingerprint density at radius 2 is 2.00 bits per heavy atom. The second kappa shape index (κ2) is 6.55. The van der Waals surface area contributed by atoms with E-state index < -0.39 is 10.8 Å². The first kappa shape index (κ1) is 14.7. The Morgan fingerprint density at radius 3 is 2.61 bits per heavy atom. The first-order valence-corrected chi connectivity index (χ1v) is 7.27. The summed E-state index contributed by atoms with van der Waals surface area (Å²) in [6, 6.07) is 9.23. The van der Waals surface area contributed by atoms with Crippen molar-refractivity contribution in [3.05, 3.63) is 29.8 Å². The molecule has 4 heteroatoms. The van der Waals surface area contributed by atoms with E-state index in [4.69, 9.17) is 10.00 Å². The van der Waals surface area contributed by atoms with Crippen LogP contribution >= 0.6 is 0 Å². The highest BCUT2D eigenvalue weighted by atomic mass is 32.2. The summed E-state index contributed by atoms with van der Waals surface area (Å²) in [5, 5.41) is 8.89. The molecule has 1 aromatic rings. The number of nitrogens with zero attached hydrogens (tertiary/aromatic N) is 1. The molecule has 0 amide bonds. The number of hydrogen-bond acceptors (Lipinski definition) is 3. The van der Waals surface area contributed by atoms with Crippen molar-refractivity contribution in [3.8, 4) is 11.8 Å². The van der Waals surface area contributed by atoms with Gasteiger partial charge in [-0.15, -0.1) is 0 Å². The number of para-hydroxylation sites is 1. The minimum Gasteiger partial charge on any atom is -0.492 e. The van der Waals surface area contributed by atoms with Crippen LogP contribution in [0.25, 0.3) is 0 Å². The quantitative estimate of drug-likeness (QED) is 0.769. The van der Waals surface area contributed by atoms with Crippen LogP contribution < -0.4 is 4.74 Å².